The average Bonchev–Trinajstić information content (AvgIpc) is 3.22. The van der Waals surface area contributed by atoms with Crippen LogP contribution >= 0.6 is 27.7 Å². The molecule has 0 atom stereocenters. The van der Waals surface area contributed by atoms with E-state index in [1.54, 1.807) is 11.8 Å². The lowest BCUT2D eigenvalue weighted by molar-refractivity contribution is -0.140. The van der Waals surface area contributed by atoms with Gasteiger partial charge in [0, 0.05) is 27.7 Å². The molecule has 19 heavy (non-hydrogen) atoms. The Balaban J connectivity index is 1.91. The lowest BCUT2D eigenvalue weighted by Gasteiger charge is -2.10. The fourth-order valence-corrected chi connectivity index (χ4v) is 3.09. The van der Waals surface area contributed by atoms with Crippen LogP contribution in [0.3, 0.4) is 0 Å². The van der Waals surface area contributed by atoms with Gasteiger partial charge in [-0.3, -0.25) is 4.79 Å². The second-order valence-electron chi connectivity index (χ2n) is 4.58. The summed E-state index contributed by atoms with van der Waals surface area (Å²) in [5.41, 5.74) is 1.29. The van der Waals surface area contributed by atoms with Crippen molar-refractivity contribution in [3.8, 4) is 0 Å². The SMILES string of the molecule is COC(=O)CCSc1ccc(Br)cc1CNC1CC1. The van der Waals surface area contributed by atoms with Crippen molar-refractivity contribution in [1.29, 1.82) is 0 Å². The highest BCUT2D eigenvalue weighted by molar-refractivity contribution is 9.10. The monoisotopic (exact) mass is 343 g/mol. The zero-order valence-electron chi connectivity index (χ0n) is 10.9. The van der Waals surface area contributed by atoms with Gasteiger partial charge in [0.25, 0.3) is 0 Å². The number of nitrogens with one attached hydrogen (secondary N) is 1. The minimum Gasteiger partial charge on any atom is -0.469 e. The summed E-state index contributed by atoms with van der Waals surface area (Å²) in [6.07, 6.45) is 3.03. The van der Waals surface area contributed by atoms with Gasteiger partial charge in [-0.25, -0.2) is 0 Å². The standard InChI is InChI=1S/C14H18BrNO2S/c1-18-14(17)6-7-19-13-5-2-11(15)8-10(13)9-16-12-3-4-12/h2,5,8,12,16H,3-4,6-7,9H2,1H3. The molecule has 0 unspecified atom stereocenters. The van der Waals surface area contributed by atoms with Crippen LogP contribution in [0.15, 0.2) is 27.6 Å². The van der Waals surface area contributed by atoms with Crippen molar-refractivity contribution in [1.82, 2.24) is 5.32 Å². The average molecular weight is 344 g/mol. The first-order valence-corrected chi connectivity index (χ1v) is 8.18. The number of ether oxygens (including phenoxy) is 1. The molecule has 1 fully saturated rings. The number of hydrogen-bond donors (Lipinski definition) is 1. The van der Waals surface area contributed by atoms with Gasteiger partial charge in [-0.05, 0) is 36.6 Å². The molecular weight excluding hydrogens is 326 g/mol. The number of esters is 1. The topological polar surface area (TPSA) is 38.3 Å². The van der Waals surface area contributed by atoms with Crippen LogP contribution in [-0.4, -0.2) is 24.9 Å². The fourth-order valence-electron chi connectivity index (χ4n) is 1.72. The Labute approximate surface area is 126 Å². The molecule has 0 spiro atoms. The predicted molar refractivity (Wildman–Crippen MR) is 81.4 cm³/mol. The molecule has 0 aromatic heterocycles. The smallest absolute Gasteiger partial charge is 0.306 e. The third-order valence-corrected chi connectivity index (χ3v) is 4.58. The van der Waals surface area contributed by atoms with E-state index < -0.39 is 0 Å². The molecule has 1 aliphatic rings. The molecule has 0 amide bonds. The first kappa shape index (κ1) is 14.9. The number of carbonyl (C=O) groups is 1. The Bertz CT molecular complexity index is 449. The summed E-state index contributed by atoms with van der Waals surface area (Å²) in [5.74, 6) is 0.604. The van der Waals surface area contributed by atoms with Crippen molar-refractivity contribution in [2.75, 3.05) is 12.9 Å². The number of benzene rings is 1. The van der Waals surface area contributed by atoms with E-state index in [1.165, 1.54) is 30.4 Å². The third-order valence-electron chi connectivity index (χ3n) is 2.97. The summed E-state index contributed by atoms with van der Waals surface area (Å²) < 4.78 is 5.75. The van der Waals surface area contributed by atoms with E-state index in [0.29, 0.717) is 12.5 Å². The molecule has 2 rings (SSSR count). The van der Waals surface area contributed by atoms with Gasteiger partial charge < -0.3 is 10.1 Å². The number of methoxy groups -OCH3 is 1. The van der Waals surface area contributed by atoms with E-state index in [2.05, 4.69) is 38.1 Å². The van der Waals surface area contributed by atoms with E-state index >= 15 is 0 Å². The maximum Gasteiger partial charge on any atom is 0.306 e. The van der Waals surface area contributed by atoms with Crippen molar-refractivity contribution in [3.63, 3.8) is 0 Å². The van der Waals surface area contributed by atoms with E-state index in [0.717, 1.165) is 16.8 Å². The van der Waals surface area contributed by atoms with Gasteiger partial charge in [0.05, 0.1) is 13.5 Å². The van der Waals surface area contributed by atoms with E-state index in [4.69, 9.17) is 0 Å². The molecule has 3 nitrogen and oxygen atoms in total. The maximum atomic E-state index is 11.1. The summed E-state index contributed by atoms with van der Waals surface area (Å²) >= 11 is 5.22. The summed E-state index contributed by atoms with van der Waals surface area (Å²) in [5, 5.41) is 3.53. The zero-order chi connectivity index (χ0) is 13.7. The number of rotatable bonds is 7. The Kier molecular flexibility index (Phi) is 5.73. The van der Waals surface area contributed by atoms with Gasteiger partial charge in [0.15, 0.2) is 0 Å². The molecule has 1 aromatic carbocycles. The molecule has 1 aliphatic carbocycles. The molecule has 1 saturated carbocycles. The predicted octanol–water partition coefficient (Wildman–Crippen LogP) is 3.36. The number of thioether (sulfide) groups is 1. The molecule has 0 saturated heterocycles. The van der Waals surface area contributed by atoms with Crippen LogP contribution in [0.4, 0.5) is 0 Å². The third kappa shape index (κ3) is 5.16. The van der Waals surface area contributed by atoms with Crippen molar-refractivity contribution in [2.24, 2.45) is 0 Å². The van der Waals surface area contributed by atoms with Crippen LogP contribution in [0.5, 0.6) is 0 Å². The highest BCUT2D eigenvalue weighted by Crippen LogP contribution is 2.28. The summed E-state index contributed by atoms with van der Waals surface area (Å²) in [4.78, 5) is 12.3. The first-order valence-electron chi connectivity index (χ1n) is 6.40. The Morgan fingerprint density at radius 1 is 1.53 bits per heavy atom. The Hall–Kier alpha value is -0.520. The molecule has 0 bridgehead atoms. The van der Waals surface area contributed by atoms with E-state index in [-0.39, 0.29) is 5.97 Å². The van der Waals surface area contributed by atoms with Gasteiger partial charge >= 0.3 is 5.97 Å². The molecule has 5 heteroatoms. The van der Waals surface area contributed by atoms with Gasteiger partial charge in [0.2, 0.25) is 0 Å². The van der Waals surface area contributed by atoms with E-state index in [1.807, 2.05) is 6.07 Å². The largest absolute Gasteiger partial charge is 0.469 e. The molecule has 0 heterocycles. The molecule has 0 radical (unpaired) electrons. The van der Waals surface area contributed by atoms with Crippen molar-refractivity contribution < 1.29 is 9.53 Å². The Morgan fingerprint density at radius 3 is 3.00 bits per heavy atom. The summed E-state index contributed by atoms with van der Waals surface area (Å²) in [7, 11) is 1.43. The quantitative estimate of drug-likeness (QED) is 0.608. The van der Waals surface area contributed by atoms with Crippen molar-refractivity contribution in [2.45, 2.75) is 36.7 Å². The molecule has 104 valence electrons. The Morgan fingerprint density at radius 2 is 2.32 bits per heavy atom. The molecular formula is C14H18BrNO2S. The fraction of sp³-hybridized carbons (Fsp3) is 0.500. The second-order valence-corrected chi connectivity index (χ2v) is 6.63. The zero-order valence-corrected chi connectivity index (χ0v) is 13.4. The highest BCUT2D eigenvalue weighted by Gasteiger charge is 2.20. The normalized spacial score (nSPS) is 14.4. The maximum absolute atomic E-state index is 11.1. The molecule has 1 aromatic rings. The number of halogens is 1. The van der Waals surface area contributed by atoms with Crippen LogP contribution in [0, 0.1) is 0 Å². The van der Waals surface area contributed by atoms with Gasteiger partial charge in [-0.2, -0.15) is 0 Å². The van der Waals surface area contributed by atoms with Crippen LogP contribution < -0.4 is 5.32 Å². The van der Waals surface area contributed by atoms with Crippen molar-refractivity contribution >= 4 is 33.7 Å². The first-order chi connectivity index (χ1) is 9.19. The summed E-state index contributed by atoms with van der Waals surface area (Å²) in [6.45, 7) is 0.894. The number of carbonyl (C=O) groups excluding carboxylic acids is 1. The van der Waals surface area contributed by atoms with Crippen molar-refractivity contribution in [3.05, 3.63) is 28.2 Å². The number of hydrogen-bond acceptors (Lipinski definition) is 4. The van der Waals surface area contributed by atoms with Crippen LogP contribution in [0.25, 0.3) is 0 Å². The molecule has 1 N–H and O–H groups in total. The minimum atomic E-state index is -0.151. The molecule has 0 aliphatic heterocycles. The van der Waals surface area contributed by atoms with Gasteiger partial charge in [-0.1, -0.05) is 15.9 Å². The van der Waals surface area contributed by atoms with Gasteiger partial charge in [-0.15, -0.1) is 11.8 Å². The van der Waals surface area contributed by atoms with Crippen LogP contribution in [-0.2, 0) is 16.1 Å². The van der Waals surface area contributed by atoms with E-state index in [9.17, 15) is 4.79 Å². The van der Waals surface area contributed by atoms with Crippen LogP contribution in [0.1, 0.15) is 24.8 Å². The second kappa shape index (κ2) is 7.31. The van der Waals surface area contributed by atoms with Gasteiger partial charge in [0.1, 0.15) is 0 Å². The minimum absolute atomic E-state index is 0.151. The summed E-state index contributed by atoms with van der Waals surface area (Å²) in [6, 6.07) is 7.00. The lowest BCUT2D eigenvalue weighted by atomic mass is 10.2. The lowest BCUT2D eigenvalue weighted by Crippen LogP contribution is -2.15. The van der Waals surface area contributed by atoms with Crippen LogP contribution in [0.2, 0.25) is 0 Å². The highest BCUT2D eigenvalue weighted by atomic mass is 79.9.